The molecule has 0 aliphatic heterocycles. The van der Waals surface area contributed by atoms with Crippen LogP contribution >= 0.6 is 11.3 Å². The van der Waals surface area contributed by atoms with Crippen molar-refractivity contribution in [1.82, 2.24) is 4.98 Å². The molecule has 1 saturated carbocycles. The molecule has 0 unspecified atom stereocenters. The van der Waals surface area contributed by atoms with E-state index >= 15 is 0 Å². The van der Waals surface area contributed by atoms with E-state index in [2.05, 4.69) is 32.0 Å². The van der Waals surface area contributed by atoms with Crippen LogP contribution in [0.2, 0.25) is 0 Å². The smallest absolute Gasteiger partial charge is 0.0981 e. The van der Waals surface area contributed by atoms with E-state index in [1.807, 2.05) is 11.3 Å². The van der Waals surface area contributed by atoms with Crippen LogP contribution in [0.1, 0.15) is 62.8 Å². The van der Waals surface area contributed by atoms with Gasteiger partial charge in [0.1, 0.15) is 0 Å². The molecule has 0 radical (unpaired) electrons. The molecule has 1 aromatic heterocycles. The Morgan fingerprint density at radius 2 is 2.06 bits per heavy atom. The average Bonchev–Trinajstić information content (AvgIpc) is 2.88. The maximum atomic E-state index is 4.53. The third-order valence-corrected chi connectivity index (χ3v) is 4.66. The molecule has 1 heterocycles. The van der Waals surface area contributed by atoms with E-state index in [1.54, 1.807) is 0 Å². The van der Waals surface area contributed by atoms with Crippen molar-refractivity contribution in [2.45, 2.75) is 64.7 Å². The first-order valence-electron chi connectivity index (χ1n) is 6.51. The molecule has 0 saturated heterocycles. The molecule has 0 atom stereocenters. The average molecular weight is 237 g/mol. The molecule has 0 aromatic carbocycles. The van der Waals surface area contributed by atoms with Crippen LogP contribution in [0.15, 0.2) is 6.20 Å². The molecule has 0 amide bonds. The van der Waals surface area contributed by atoms with Gasteiger partial charge in [0.2, 0.25) is 0 Å². The Kier molecular flexibility index (Phi) is 3.68. The van der Waals surface area contributed by atoms with E-state index in [9.17, 15) is 0 Å². The largest absolute Gasteiger partial charge is 0.249 e. The van der Waals surface area contributed by atoms with Gasteiger partial charge < -0.3 is 0 Å². The Morgan fingerprint density at radius 3 is 2.62 bits per heavy atom. The zero-order valence-corrected chi connectivity index (χ0v) is 11.6. The molecule has 1 aliphatic rings. The number of unbranched alkanes of at least 4 members (excludes halogenated alkanes) is 1. The summed E-state index contributed by atoms with van der Waals surface area (Å²) in [5.74, 6) is 1.09. The first-order valence-corrected chi connectivity index (χ1v) is 7.32. The predicted octanol–water partition coefficient (Wildman–Crippen LogP) is 4.56. The lowest BCUT2D eigenvalue weighted by atomic mass is 9.98. The molecule has 0 spiro atoms. The molecule has 0 bridgehead atoms. The van der Waals surface area contributed by atoms with Crippen molar-refractivity contribution in [2.75, 3.05) is 0 Å². The first kappa shape index (κ1) is 12.1. The molecule has 1 nitrogen and oxygen atoms in total. The second-order valence-electron chi connectivity index (χ2n) is 6.07. The van der Waals surface area contributed by atoms with Gasteiger partial charge in [-0.2, -0.15) is 0 Å². The summed E-state index contributed by atoms with van der Waals surface area (Å²) in [6.45, 7) is 6.72. The Morgan fingerprint density at radius 1 is 1.31 bits per heavy atom. The van der Waals surface area contributed by atoms with Gasteiger partial charge in [0.05, 0.1) is 5.01 Å². The zero-order chi connectivity index (χ0) is 11.6. The minimum atomic E-state index is 0.219. The molecule has 2 heteroatoms. The molecule has 2 rings (SSSR count). The van der Waals surface area contributed by atoms with Gasteiger partial charge in [0.15, 0.2) is 0 Å². The molecular formula is C14H23NS. The number of aryl methyl sites for hydroxylation is 1. The maximum Gasteiger partial charge on any atom is 0.0981 e. The molecule has 90 valence electrons. The van der Waals surface area contributed by atoms with E-state index in [1.165, 1.54) is 48.4 Å². The Bertz CT molecular complexity index is 331. The van der Waals surface area contributed by atoms with Crippen molar-refractivity contribution in [1.29, 1.82) is 0 Å². The highest BCUT2D eigenvalue weighted by atomic mass is 32.1. The SMILES string of the molecule is CC(C)(C)c1ncc(CCCCC2CC2)s1. The monoisotopic (exact) mass is 237 g/mol. The van der Waals surface area contributed by atoms with E-state index in [0.29, 0.717) is 0 Å². The molecule has 1 fully saturated rings. The molecule has 1 aromatic rings. The van der Waals surface area contributed by atoms with Gasteiger partial charge >= 0.3 is 0 Å². The number of nitrogens with zero attached hydrogens (tertiary/aromatic N) is 1. The topological polar surface area (TPSA) is 12.9 Å². The Balaban J connectivity index is 1.73. The van der Waals surface area contributed by atoms with E-state index < -0.39 is 0 Å². The number of hydrogen-bond acceptors (Lipinski definition) is 2. The van der Waals surface area contributed by atoms with Crippen LogP contribution in [-0.2, 0) is 11.8 Å². The minimum Gasteiger partial charge on any atom is -0.249 e. The molecule has 1 aliphatic carbocycles. The van der Waals surface area contributed by atoms with Crippen molar-refractivity contribution in [3.8, 4) is 0 Å². The predicted molar refractivity (Wildman–Crippen MR) is 71.1 cm³/mol. The summed E-state index contributed by atoms with van der Waals surface area (Å²) in [5.41, 5.74) is 0.219. The van der Waals surface area contributed by atoms with Crippen molar-refractivity contribution in [3.63, 3.8) is 0 Å². The highest BCUT2D eigenvalue weighted by Crippen LogP contribution is 2.34. The quantitative estimate of drug-likeness (QED) is 0.684. The minimum absolute atomic E-state index is 0.219. The summed E-state index contributed by atoms with van der Waals surface area (Å²) in [6, 6.07) is 0. The lowest BCUT2D eigenvalue weighted by Gasteiger charge is -2.13. The number of hydrogen-bond donors (Lipinski definition) is 0. The van der Waals surface area contributed by atoms with Gasteiger partial charge in [0.25, 0.3) is 0 Å². The van der Waals surface area contributed by atoms with Crippen LogP contribution in [-0.4, -0.2) is 4.98 Å². The van der Waals surface area contributed by atoms with Gasteiger partial charge in [-0.3, -0.25) is 0 Å². The summed E-state index contributed by atoms with van der Waals surface area (Å²) < 4.78 is 0. The van der Waals surface area contributed by atoms with Crippen molar-refractivity contribution >= 4 is 11.3 Å². The third-order valence-electron chi connectivity index (χ3n) is 3.18. The van der Waals surface area contributed by atoms with E-state index in [0.717, 1.165) is 5.92 Å². The fourth-order valence-electron chi connectivity index (χ4n) is 1.91. The van der Waals surface area contributed by atoms with Crippen LogP contribution in [0.4, 0.5) is 0 Å². The lowest BCUT2D eigenvalue weighted by Crippen LogP contribution is -2.09. The zero-order valence-electron chi connectivity index (χ0n) is 10.8. The van der Waals surface area contributed by atoms with Crippen LogP contribution < -0.4 is 0 Å². The summed E-state index contributed by atoms with van der Waals surface area (Å²) >= 11 is 1.90. The fourth-order valence-corrected chi connectivity index (χ4v) is 2.92. The standard InChI is InChI=1S/C14H23NS/c1-14(2,3)13-15-10-12(16-13)7-5-4-6-11-8-9-11/h10-11H,4-9H2,1-3H3. The summed E-state index contributed by atoms with van der Waals surface area (Å²) in [7, 11) is 0. The molecule has 16 heavy (non-hydrogen) atoms. The second-order valence-corrected chi connectivity index (χ2v) is 7.19. The number of rotatable bonds is 5. The molecule has 0 N–H and O–H groups in total. The second kappa shape index (κ2) is 4.87. The first-order chi connectivity index (χ1) is 7.55. The van der Waals surface area contributed by atoms with Crippen LogP contribution in [0, 0.1) is 5.92 Å². The maximum absolute atomic E-state index is 4.53. The van der Waals surface area contributed by atoms with Crippen molar-refractivity contribution < 1.29 is 0 Å². The molecular weight excluding hydrogens is 214 g/mol. The summed E-state index contributed by atoms with van der Waals surface area (Å²) in [5, 5.41) is 1.28. The van der Waals surface area contributed by atoms with Crippen molar-refractivity contribution in [2.24, 2.45) is 5.92 Å². The summed E-state index contributed by atoms with van der Waals surface area (Å²) in [6.07, 6.45) is 10.5. The highest BCUT2D eigenvalue weighted by Gasteiger charge is 2.20. The van der Waals surface area contributed by atoms with E-state index in [-0.39, 0.29) is 5.41 Å². The van der Waals surface area contributed by atoms with Crippen molar-refractivity contribution in [3.05, 3.63) is 16.1 Å². The summed E-state index contributed by atoms with van der Waals surface area (Å²) in [4.78, 5) is 6.01. The van der Waals surface area contributed by atoms with Gasteiger partial charge in [0, 0.05) is 16.5 Å². The Hall–Kier alpha value is -0.370. The Labute approximate surface area is 103 Å². The van der Waals surface area contributed by atoms with Gasteiger partial charge in [-0.25, -0.2) is 4.98 Å². The number of thiazole rings is 1. The highest BCUT2D eigenvalue weighted by molar-refractivity contribution is 7.11. The van der Waals surface area contributed by atoms with E-state index in [4.69, 9.17) is 0 Å². The van der Waals surface area contributed by atoms with Crippen LogP contribution in [0.5, 0.6) is 0 Å². The van der Waals surface area contributed by atoms with Crippen LogP contribution in [0.3, 0.4) is 0 Å². The van der Waals surface area contributed by atoms with Crippen LogP contribution in [0.25, 0.3) is 0 Å². The van der Waals surface area contributed by atoms with Gasteiger partial charge in [-0.15, -0.1) is 11.3 Å². The van der Waals surface area contributed by atoms with Gasteiger partial charge in [-0.1, -0.05) is 46.5 Å². The fraction of sp³-hybridized carbons (Fsp3) is 0.786. The van der Waals surface area contributed by atoms with Gasteiger partial charge in [-0.05, 0) is 18.8 Å². The normalized spacial score (nSPS) is 16.7. The number of aromatic nitrogens is 1. The lowest BCUT2D eigenvalue weighted by molar-refractivity contribution is 0.585. The third kappa shape index (κ3) is 3.58.